The van der Waals surface area contributed by atoms with Crippen molar-refractivity contribution in [2.75, 3.05) is 11.9 Å². The maximum absolute atomic E-state index is 13.7. The summed E-state index contributed by atoms with van der Waals surface area (Å²) in [5.74, 6) is -1.01. The van der Waals surface area contributed by atoms with E-state index >= 15 is 0 Å². The van der Waals surface area contributed by atoms with Crippen molar-refractivity contribution in [3.63, 3.8) is 0 Å². The molecule has 2 aromatic rings. The Morgan fingerprint density at radius 3 is 2.62 bits per heavy atom. The van der Waals surface area contributed by atoms with E-state index in [4.69, 9.17) is 4.74 Å². The lowest BCUT2D eigenvalue weighted by molar-refractivity contribution is -0.118. The topological polar surface area (TPSA) is 58.6 Å². The van der Waals surface area contributed by atoms with Crippen molar-refractivity contribution >= 4 is 11.6 Å². The number of carbonyl (C=O) groups excluding carboxylic acids is 1. The number of halogens is 1. The van der Waals surface area contributed by atoms with Crippen molar-refractivity contribution in [2.24, 2.45) is 0 Å². The highest BCUT2D eigenvalue weighted by atomic mass is 19.1. The molecule has 0 heterocycles. The Bertz CT molecular complexity index is 614. The van der Waals surface area contributed by atoms with Crippen LogP contribution in [0.2, 0.25) is 0 Å². The third kappa shape index (κ3) is 4.29. The molecule has 0 saturated carbocycles. The number of carbonyl (C=O) groups is 1. The average Bonchev–Trinajstić information content (AvgIpc) is 2.47. The van der Waals surface area contributed by atoms with Gasteiger partial charge in [0.1, 0.15) is 0 Å². The first-order chi connectivity index (χ1) is 10.1. The first-order valence-corrected chi connectivity index (χ1v) is 6.51. The van der Waals surface area contributed by atoms with Crippen LogP contribution in [0.25, 0.3) is 0 Å². The second-order valence-electron chi connectivity index (χ2n) is 4.57. The molecule has 0 aromatic heterocycles. The molecular formula is C16H16FNO3. The second kappa shape index (κ2) is 6.85. The lowest BCUT2D eigenvalue weighted by Gasteiger charge is -2.10. The molecule has 2 rings (SSSR count). The molecule has 2 N–H and O–H groups in total. The second-order valence-corrected chi connectivity index (χ2v) is 4.57. The van der Waals surface area contributed by atoms with Gasteiger partial charge < -0.3 is 15.2 Å². The molecule has 0 radical (unpaired) electrons. The summed E-state index contributed by atoms with van der Waals surface area (Å²) in [5.41, 5.74) is 1.10. The van der Waals surface area contributed by atoms with E-state index in [0.29, 0.717) is 11.3 Å². The van der Waals surface area contributed by atoms with Crippen LogP contribution in [0.15, 0.2) is 48.5 Å². The number of anilines is 1. The molecule has 0 saturated heterocycles. The number of nitrogens with one attached hydrogen (secondary N) is 1. The van der Waals surface area contributed by atoms with Gasteiger partial charge in [0.15, 0.2) is 18.2 Å². The van der Waals surface area contributed by atoms with Gasteiger partial charge in [-0.15, -0.1) is 0 Å². The smallest absolute Gasteiger partial charge is 0.262 e. The molecule has 5 heteroatoms. The third-order valence-corrected chi connectivity index (χ3v) is 2.85. The monoisotopic (exact) mass is 289 g/mol. The Balaban J connectivity index is 1.92. The van der Waals surface area contributed by atoms with Crippen LogP contribution in [0, 0.1) is 5.82 Å². The minimum absolute atomic E-state index is 0.0254. The summed E-state index contributed by atoms with van der Waals surface area (Å²) in [6.45, 7) is 1.25. The van der Waals surface area contributed by atoms with Crippen molar-refractivity contribution in [1.82, 2.24) is 0 Å². The standard InChI is InChI=1S/C16H16FNO3/c1-11(19)12-7-8-15(14(17)9-12)21-10-16(20)18-13-5-3-2-4-6-13/h2-9,11,19H,10H2,1H3,(H,18,20)/t11-/m1/s1. The van der Waals surface area contributed by atoms with Crippen LogP contribution in [-0.2, 0) is 4.79 Å². The van der Waals surface area contributed by atoms with Gasteiger partial charge in [0, 0.05) is 5.69 Å². The zero-order chi connectivity index (χ0) is 15.2. The molecule has 110 valence electrons. The van der Waals surface area contributed by atoms with Crippen LogP contribution in [-0.4, -0.2) is 17.6 Å². The average molecular weight is 289 g/mol. The lowest BCUT2D eigenvalue weighted by Crippen LogP contribution is -2.20. The predicted octanol–water partition coefficient (Wildman–Crippen LogP) is 2.90. The van der Waals surface area contributed by atoms with Crippen molar-refractivity contribution in [2.45, 2.75) is 13.0 Å². The first-order valence-electron chi connectivity index (χ1n) is 6.51. The number of ether oxygens (including phenoxy) is 1. The molecule has 1 amide bonds. The van der Waals surface area contributed by atoms with E-state index in [9.17, 15) is 14.3 Å². The summed E-state index contributed by atoms with van der Waals surface area (Å²) in [4.78, 5) is 11.7. The van der Waals surface area contributed by atoms with E-state index in [2.05, 4.69) is 5.32 Å². The SMILES string of the molecule is C[C@@H](O)c1ccc(OCC(=O)Nc2ccccc2)c(F)c1. The Hall–Kier alpha value is -2.40. The molecular weight excluding hydrogens is 273 g/mol. The van der Waals surface area contributed by atoms with Gasteiger partial charge in [-0.1, -0.05) is 24.3 Å². The van der Waals surface area contributed by atoms with Gasteiger partial charge in [-0.25, -0.2) is 4.39 Å². The van der Waals surface area contributed by atoms with Crippen LogP contribution >= 0.6 is 0 Å². The highest BCUT2D eigenvalue weighted by molar-refractivity contribution is 5.91. The summed E-state index contributed by atoms with van der Waals surface area (Å²) in [6.07, 6.45) is -0.755. The largest absolute Gasteiger partial charge is 0.481 e. The van der Waals surface area contributed by atoms with Crippen molar-refractivity contribution in [1.29, 1.82) is 0 Å². The van der Waals surface area contributed by atoms with Crippen LogP contribution in [0.5, 0.6) is 5.75 Å². The first kappa shape index (κ1) is 15.0. The molecule has 0 unspecified atom stereocenters. The predicted molar refractivity (Wildman–Crippen MR) is 77.6 cm³/mol. The zero-order valence-corrected chi connectivity index (χ0v) is 11.5. The molecule has 0 aliphatic carbocycles. The molecule has 0 aliphatic heterocycles. The van der Waals surface area contributed by atoms with Crippen LogP contribution in [0.4, 0.5) is 10.1 Å². The summed E-state index contributed by atoms with van der Waals surface area (Å²) in [6, 6.07) is 13.1. The number of rotatable bonds is 5. The maximum atomic E-state index is 13.7. The quantitative estimate of drug-likeness (QED) is 0.889. The third-order valence-electron chi connectivity index (χ3n) is 2.85. The van der Waals surface area contributed by atoms with E-state index in [0.717, 1.165) is 0 Å². The molecule has 0 spiro atoms. The number of benzene rings is 2. The minimum atomic E-state index is -0.755. The van der Waals surface area contributed by atoms with Crippen LogP contribution < -0.4 is 10.1 Å². The van der Waals surface area contributed by atoms with Gasteiger partial charge in [0.25, 0.3) is 5.91 Å². The molecule has 0 fully saturated rings. The molecule has 2 aromatic carbocycles. The van der Waals surface area contributed by atoms with E-state index in [1.165, 1.54) is 12.1 Å². The fourth-order valence-corrected chi connectivity index (χ4v) is 1.76. The molecule has 0 aliphatic rings. The van der Waals surface area contributed by atoms with Crippen molar-refractivity contribution < 1.29 is 19.0 Å². The van der Waals surface area contributed by atoms with Gasteiger partial charge in [-0.2, -0.15) is 0 Å². The van der Waals surface area contributed by atoms with Gasteiger partial charge in [-0.3, -0.25) is 4.79 Å². The molecule has 1 atom stereocenters. The molecule has 0 bridgehead atoms. The number of aliphatic hydroxyl groups is 1. The van der Waals surface area contributed by atoms with Gasteiger partial charge in [0.05, 0.1) is 6.10 Å². The van der Waals surface area contributed by atoms with Crippen LogP contribution in [0.1, 0.15) is 18.6 Å². The lowest BCUT2D eigenvalue weighted by atomic mass is 10.1. The summed E-state index contributed by atoms with van der Waals surface area (Å²) >= 11 is 0. The maximum Gasteiger partial charge on any atom is 0.262 e. The van der Waals surface area contributed by atoms with Crippen molar-refractivity contribution in [3.05, 3.63) is 59.9 Å². The highest BCUT2D eigenvalue weighted by Crippen LogP contribution is 2.21. The van der Waals surface area contributed by atoms with E-state index in [-0.39, 0.29) is 18.3 Å². The summed E-state index contributed by atoms with van der Waals surface area (Å²) < 4.78 is 18.9. The Kier molecular flexibility index (Phi) is 4.90. The summed E-state index contributed by atoms with van der Waals surface area (Å²) in [5, 5.41) is 12.0. The zero-order valence-electron chi connectivity index (χ0n) is 11.5. The fraction of sp³-hybridized carbons (Fsp3) is 0.188. The van der Waals surface area contributed by atoms with Gasteiger partial charge >= 0.3 is 0 Å². The Labute approximate surface area is 122 Å². The number of aliphatic hydroxyl groups excluding tert-OH is 1. The van der Waals surface area contributed by atoms with E-state index in [1.807, 2.05) is 6.07 Å². The summed E-state index contributed by atoms with van der Waals surface area (Å²) in [7, 11) is 0. The minimum Gasteiger partial charge on any atom is -0.481 e. The van der Waals surface area contributed by atoms with Crippen LogP contribution in [0.3, 0.4) is 0 Å². The number of para-hydroxylation sites is 1. The number of amides is 1. The van der Waals surface area contributed by atoms with E-state index < -0.39 is 11.9 Å². The normalized spacial score (nSPS) is 11.8. The molecule has 21 heavy (non-hydrogen) atoms. The highest BCUT2D eigenvalue weighted by Gasteiger charge is 2.10. The van der Waals surface area contributed by atoms with Gasteiger partial charge in [-0.05, 0) is 36.8 Å². The van der Waals surface area contributed by atoms with Crippen molar-refractivity contribution in [3.8, 4) is 5.75 Å². The molecule has 4 nitrogen and oxygen atoms in total. The van der Waals surface area contributed by atoms with E-state index in [1.54, 1.807) is 37.3 Å². The number of hydrogen-bond donors (Lipinski definition) is 2. The Morgan fingerprint density at radius 2 is 2.00 bits per heavy atom. The fourth-order valence-electron chi connectivity index (χ4n) is 1.76. The van der Waals surface area contributed by atoms with Gasteiger partial charge in [0.2, 0.25) is 0 Å². The Morgan fingerprint density at radius 1 is 1.29 bits per heavy atom. The number of hydrogen-bond acceptors (Lipinski definition) is 3.